The number of alkyl halides is 1. The van der Waals surface area contributed by atoms with Crippen LogP contribution in [0.15, 0.2) is 30.3 Å². The minimum absolute atomic E-state index is 0.0456. The van der Waals surface area contributed by atoms with E-state index in [2.05, 4.69) is 60.1 Å². The van der Waals surface area contributed by atoms with Crippen molar-refractivity contribution in [3.63, 3.8) is 0 Å². The lowest BCUT2D eigenvalue weighted by Crippen LogP contribution is -2.33. The predicted octanol–water partition coefficient (Wildman–Crippen LogP) is 3.73. The van der Waals surface area contributed by atoms with Gasteiger partial charge in [0.2, 0.25) is 0 Å². The van der Waals surface area contributed by atoms with Gasteiger partial charge in [-0.25, -0.2) is 0 Å². The molecule has 0 radical (unpaired) electrons. The number of rotatable bonds is 2. The molecule has 1 aromatic rings. The van der Waals surface area contributed by atoms with E-state index < -0.39 is 0 Å². The van der Waals surface area contributed by atoms with Gasteiger partial charge >= 0.3 is 0 Å². The van der Waals surface area contributed by atoms with Crippen LogP contribution in [0.1, 0.15) is 31.7 Å². The molecule has 1 aliphatic heterocycles. The third kappa shape index (κ3) is 2.43. The summed E-state index contributed by atoms with van der Waals surface area (Å²) in [7, 11) is 0. The number of hydrogen-bond donors (Lipinski definition) is 0. The summed E-state index contributed by atoms with van der Waals surface area (Å²) in [5, 5.41) is 0. The Morgan fingerprint density at radius 1 is 1.27 bits per heavy atom. The first-order chi connectivity index (χ1) is 7.09. The van der Waals surface area contributed by atoms with Crippen molar-refractivity contribution in [2.24, 2.45) is 0 Å². The van der Waals surface area contributed by atoms with Crippen molar-refractivity contribution < 1.29 is 4.74 Å². The average molecular weight is 269 g/mol. The van der Waals surface area contributed by atoms with E-state index in [1.807, 2.05) is 0 Å². The lowest BCUT2D eigenvalue weighted by atomic mass is 9.87. The molecule has 2 atom stereocenters. The largest absolute Gasteiger partial charge is 0.376 e. The predicted molar refractivity (Wildman–Crippen MR) is 66.5 cm³/mol. The van der Waals surface area contributed by atoms with Crippen LogP contribution in [-0.2, 0) is 4.74 Å². The van der Waals surface area contributed by atoms with E-state index in [9.17, 15) is 0 Å². The Morgan fingerprint density at radius 3 is 2.53 bits per heavy atom. The van der Waals surface area contributed by atoms with Gasteiger partial charge in [0, 0.05) is 16.8 Å². The van der Waals surface area contributed by atoms with Crippen molar-refractivity contribution in [2.45, 2.75) is 36.6 Å². The zero-order valence-electron chi connectivity index (χ0n) is 9.24. The Morgan fingerprint density at radius 2 is 1.93 bits per heavy atom. The molecule has 0 amide bonds. The van der Waals surface area contributed by atoms with Gasteiger partial charge < -0.3 is 4.74 Å². The summed E-state index contributed by atoms with van der Waals surface area (Å²) in [6.07, 6.45) is 1.41. The SMILES string of the molecule is CC(C)(Br)[C@H]1OCC[C@@H]1c1ccccc1. The quantitative estimate of drug-likeness (QED) is 0.743. The van der Waals surface area contributed by atoms with Crippen LogP contribution < -0.4 is 0 Å². The highest BCUT2D eigenvalue weighted by Crippen LogP contribution is 2.40. The molecule has 0 spiro atoms. The average Bonchev–Trinajstić information content (AvgIpc) is 2.67. The van der Waals surface area contributed by atoms with Crippen molar-refractivity contribution in [2.75, 3.05) is 6.61 Å². The van der Waals surface area contributed by atoms with Crippen LogP contribution in [0.5, 0.6) is 0 Å². The fourth-order valence-electron chi connectivity index (χ4n) is 2.31. The fraction of sp³-hybridized carbons (Fsp3) is 0.538. The van der Waals surface area contributed by atoms with Crippen molar-refractivity contribution in [3.05, 3.63) is 35.9 Å². The van der Waals surface area contributed by atoms with Gasteiger partial charge in [-0.3, -0.25) is 0 Å². The van der Waals surface area contributed by atoms with Gasteiger partial charge in [-0.05, 0) is 25.8 Å². The number of benzene rings is 1. The smallest absolute Gasteiger partial charge is 0.0791 e. The molecule has 1 saturated heterocycles. The molecule has 82 valence electrons. The first-order valence-corrected chi connectivity index (χ1v) is 6.24. The molecule has 1 fully saturated rings. The van der Waals surface area contributed by atoms with E-state index in [-0.39, 0.29) is 10.4 Å². The molecule has 2 rings (SSSR count). The van der Waals surface area contributed by atoms with Crippen LogP contribution in [0.2, 0.25) is 0 Å². The Balaban J connectivity index is 2.23. The van der Waals surface area contributed by atoms with E-state index in [0.29, 0.717) is 5.92 Å². The lowest BCUT2D eigenvalue weighted by molar-refractivity contribution is 0.0824. The molecule has 1 aromatic carbocycles. The van der Waals surface area contributed by atoms with Crippen LogP contribution >= 0.6 is 15.9 Å². The van der Waals surface area contributed by atoms with Crippen LogP contribution in [0.25, 0.3) is 0 Å². The molecular weight excluding hydrogens is 252 g/mol. The van der Waals surface area contributed by atoms with Gasteiger partial charge in [0.25, 0.3) is 0 Å². The van der Waals surface area contributed by atoms with E-state index in [1.54, 1.807) is 0 Å². The standard InChI is InChI=1S/C13H17BrO/c1-13(2,14)12-11(8-9-15-12)10-6-4-3-5-7-10/h3-7,11-12H,8-9H2,1-2H3/t11-,12+/m1/s1. The molecule has 0 aromatic heterocycles. The summed E-state index contributed by atoms with van der Waals surface area (Å²) in [5.41, 5.74) is 1.40. The highest BCUT2D eigenvalue weighted by atomic mass is 79.9. The van der Waals surface area contributed by atoms with Crippen LogP contribution in [-0.4, -0.2) is 17.0 Å². The normalized spacial score (nSPS) is 26.9. The van der Waals surface area contributed by atoms with Gasteiger partial charge in [0.05, 0.1) is 6.10 Å². The Labute approximate surface area is 100.0 Å². The molecule has 1 heterocycles. The minimum atomic E-state index is 0.0456. The first-order valence-electron chi connectivity index (χ1n) is 5.44. The summed E-state index contributed by atoms with van der Waals surface area (Å²) in [4.78, 5) is 0. The minimum Gasteiger partial charge on any atom is -0.376 e. The maximum absolute atomic E-state index is 5.84. The molecule has 2 heteroatoms. The second-order valence-electron chi connectivity index (χ2n) is 4.66. The van der Waals surface area contributed by atoms with Gasteiger partial charge in [0.1, 0.15) is 0 Å². The summed E-state index contributed by atoms with van der Waals surface area (Å²) in [6, 6.07) is 10.7. The maximum Gasteiger partial charge on any atom is 0.0791 e. The zero-order chi connectivity index (χ0) is 10.9. The highest BCUT2D eigenvalue weighted by Gasteiger charge is 2.39. The molecular formula is C13H17BrO. The molecule has 0 N–H and O–H groups in total. The zero-order valence-corrected chi connectivity index (χ0v) is 10.8. The topological polar surface area (TPSA) is 9.23 Å². The van der Waals surface area contributed by atoms with Gasteiger partial charge in [-0.15, -0.1) is 0 Å². The first kappa shape index (κ1) is 11.2. The number of ether oxygens (including phenoxy) is 1. The van der Waals surface area contributed by atoms with Crippen molar-refractivity contribution in [3.8, 4) is 0 Å². The Bertz CT molecular complexity index is 315. The Kier molecular flexibility index (Phi) is 3.17. The van der Waals surface area contributed by atoms with Gasteiger partial charge in [-0.1, -0.05) is 46.3 Å². The highest BCUT2D eigenvalue weighted by molar-refractivity contribution is 9.10. The van der Waals surface area contributed by atoms with E-state index in [4.69, 9.17) is 4.74 Å². The molecule has 0 bridgehead atoms. The second-order valence-corrected chi connectivity index (χ2v) is 6.71. The molecule has 0 unspecified atom stereocenters. The molecule has 0 aliphatic carbocycles. The van der Waals surface area contributed by atoms with E-state index in [0.717, 1.165) is 13.0 Å². The van der Waals surface area contributed by atoms with Crippen molar-refractivity contribution >= 4 is 15.9 Å². The third-order valence-electron chi connectivity index (χ3n) is 3.00. The fourth-order valence-corrected chi connectivity index (χ4v) is 2.76. The second kappa shape index (κ2) is 4.26. The number of halogens is 1. The van der Waals surface area contributed by atoms with Gasteiger partial charge in [0.15, 0.2) is 0 Å². The summed E-state index contributed by atoms with van der Waals surface area (Å²) < 4.78 is 5.88. The summed E-state index contributed by atoms with van der Waals surface area (Å²) in [6.45, 7) is 5.23. The molecule has 15 heavy (non-hydrogen) atoms. The lowest BCUT2D eigenvalue weighted by Gasteiger charge is -2.29. The summed E-state index contributed by atoms with van der Waals surface area (Å²) in [5.74, 6) is 0.528. The van der Waals surface area contributed by atoms with Gasteiger partial charge in [-0.2, -0.15) is 0 Å². The molecule has 1 aliphatic rings. The van der Waals surface area contributed by atoms with E-state index in [1.165, 1.54) is 5.56 Å². The van der Waals surface area contributed by atoms with Crippen molar-refractivity contribution in [1.29, 1.82) is 0 Å². The molecule has 1 nitrogen and oxygen atoms in total. The maximum atomic E-state index is 5.84. The summed E-state index contributed by atoms with van der Waals surface area (Å²) >= 11 is 3.72. The van der Waals surface area contributed by atoms with Crippen LogP contribution in [0.3, 0.4) is 0 Å². The van der Waals surface area contributed by atoms with Crippen LogP contribution in [0, 0.1) is 0 Å². The molecule has 0 saturated carbocycles. The van der Waals surface area contributed by atoms with Crippen LogP contribution in [0.4, 0.5) is 0 Å². The monoisotopic (exact) mass is 268 g/mol. The van der Waals surface area contributed by atoms with E-state index >= 15 is 0 Å². The van der Waals surface area contributed by atoms with Crippen molar-refractivity contribution in [1.82, 2.24) is 0 Å². The third-order valence-corrected chi connectivity index (χ3v) is 3.45. The number of hydrogen-bond acceptors (Lipinski definition) is 1. The Hall–Kier alpha value is -0.340.